The van der Waals surface area contributed by atoms with E-state index in [1.54, 1.807) is 0 Å². The molecule has 1 aromatic rings. The highest BCUT2D eigenvalue weighted by atomic mass is 79.9. The van der Waals surface area contributed by atoms with E-state index in [9.17, 15) is 8.78 Å². The number of alkyl halides is 2. The Morgan fingerprint density at radius 3 is 2.77 bits per heavy atom. The minimum Gasteiger partial charge on any atom is -0.323 e. The molecule has 4 heteroatoms. The van der Waals surface area contributed by atoms with E-state index in [1.165, 1.54) is 0 Å². The zero-order valence-electron chi connectivity index (χ0n) is 6.84. The van der Waals surface area contributed by atoms with Crippen molar-refractivity contribution in [2.24, 2.45) is 0 Å². The van der Waals surface area contributed by atoms with Gasteiger partial charge in [0.25, 0.3) is 0 Å². The first-order valence-corrected chi connectivity index (χ1v) is 4.62. The monoisotopic (exact) mass is 250 g/mol. The second-order valence-corrected chi connectivity index (χ2v) is 3.43. The van der Waals surface area contributed by atoms with Crippen LogP contribution in [0.3, 0.4) is 0 Å². The van der Waals surface area contributed by atoms with E-state index in [0.717, 1.165) is 10.0 Å². The summed E-state index contributed by atoms with van der Waals surface area (Å²) in [5.41, 5.74) is 0.982. The van der Waals surface area contributed by atoms with E-state index in [0.29, 0.717) is 6.42 Å². The van der Waals surface area contributed by atoms with Crippen LogP contribution in [-0.4, -0.2) is 13.2 Å². The number of halogens is 3. The molecule has 0 N–H and O–H groups in total. The van der Waals surface area contributed by atoms with Crippen molar-refractivity contribution >= 4 is 15.9 Å². The molecular formula is C9H9BrF2O. The molecule has 0 aliphatic rings. The van der Waals surface area contributed by atoms with E-state index in [-0.39, 0.29) is 6.61 Å². The maximum absolute atomic E-state index is 11.6. The number of hydrogen-bond acceptors (Lipinski definition) is 1. The van der Waals surface area contributed by atoms with Crippen LogP contribution in [0.4, 0.5) is 8.78 Å². The Kier molecular flexibility index (Phi) is 4.32. The summed E-state index contributed by atoms with van der Waals surface area (Å²) in [6.45, 7) is -2.62. The van der Waals surface area contributed by atoms with Gasteiger partial charge in [-0.1, -0.05) is 28.1 Å². The summed E-state index contributed by atoms with van der Waals surface area (Å²) in [5, 5.41) is 0. The average Bonchev–Trinajstić information content (AvgIpc) is 2.03. The molecule has 0 aliphatic carbocycles. The fourth-order valence-corrected chi connectivity index (χ4v) is 1.40. The molecule has 0 spiro atoms. The highest BCUT2D eigenvalue weighted by Crippen LogP contribution is 2.12. The first-order valence-electron chi connectivity index (χ1n) is 3.82. The van der Waals surface area contributed by atoms with Crippen LogP contribution in [0.15, 0.2) is 28.7 Å². The van der Waals surface area contributed by atoms with Gasteiger partial charge in [0, 0.05) is 4.47 Å². The fraction of sp³-hybridized carbons (Fsp3) is 0.333. The lowest BCUT2D eigenvalue weighted by molar-refractivity contribution is -0.127. The van der Waals surface area contributed by atoms with Crippen LogP contribution in [0.5, 0.6) is 0 Å². The Morgan fingerprint density at radius 1 is 1.38 bits per heavy atom. The van der Waals surface area contributed by atoms with Gasteiger partial charge in [0.05, 0.1) is 6.61 Å². The SMILES string of the molecule is FC(F)OCCc1cccc(Br)c1. The summed E-state index contributed by atoms with van der Waals surface area (Å²) in [6, 6.07) is 7.51. The number of hydrogen-bond donors (Lipinski definition) is 0. The third-order valence-electron chi connectivity index (χ3n) is 1.52. The molecule has 0 aliphatic heterocycles. The lowest BCUT2D eigenvalue weighted by Crippen LogP contribution is -2.03. The third kappa shape index (κ3) is 4.33. The van der Waals surface area contributed by atoms with Crippen LogP contribution in [0.1, 0.15) is 5.56 Å². The van der Waals surface area contributed by atoms with Crippen molar-refractivity contribution in [1.82, 2.24) is 0 Å². The zero-order chi connectivity index (χ0) is 9.68. The number of ether oxygens (including phenoxy) is 1. The average molecular weight is 251 g/mol. The van der Waals surface area contributed by atoms with E-state index in [1.807, 2.05) is 24.3 Å². The summed E-state index contributed by atoms with van der Waals surface area (Å²) in [7, 11) is 0. The fourth-order valence-electron chi connectivity index (χ4n) is 0.958. The molecule has 0 saturated carbocycles. The molecule has 0 unspecified atom stereocenters. The summed E-state index contributed by atoms with van der Waals surface area (Å²) in [4.78, 5) is 0. The highest BCUT2D eigenvalue weighted by molar-refractivity contribution is 9.10. The topological polar surface area (TPSA) is 9.23 Å². The Labute approximate surface area is 83.8 Å². The van der Waals surface area contributed by atoms with Crippen molar-refractivity contribution in [1.29, 1.82) is 0 Å². The molecule has 0 bridgehead atoms. The van der Waals surface area contributed by atoms with Gasteiger partial charge in [-0.05, 0) is 24.1 Å². The molecule has 0 amide bonds. The third-order valence-corrected chi connectivity index (χ3v) is 2.02. The standard InChI is InChI=1S/C9H9BrF2O/c10-8-3-1-2-7(6-8)4-5-13-9(11)12/h1-3,6,9H,4-5H2. The van der Waals surface area contributed by atoms with E-state index in [4.69, 9.17) is 0 Å². The first-order chi connectivity index (χ1) is 6.18. The molecule has 0 fully saturated rings. The molecular weight excluding hydrogens is 242 g/mol. The van der Waals surface area contributed by atoms with E-state index >= 15 is 0 Å². The summed E-state index contributed by atoms with van der Waals surface area (Å²) >= 11 is 3.29. The van der Waals surface area contributed by atoms with Crippen molar-refractivity contribution in [3.8, 4) is 0 Å². The largest absolute Gasteiger partial charge is 0.345 e. The molecule has 0 heterocycles. The van der Waals surface area contributed by atoms with Gasteiger partial charge in [-0.25, -0.2) is 0 Å². The normalized spacial score (nSPS) is 10.8. The van der Waals surface area contributed by atoms with E-state index in [2.05, 4.69) is 20.7 Å². The van der Waals surface area contributed by atoms with Gasteiger partial charge < -0.3 is 4.74 Å². The van der Waals surface area contributed by atoms with E-state index < -0.39 is 6.61 Å². The van der Waals surface area contributed by atoms with Crippen molar-refractivity contribution in [2.75, 3.05) is 6.61 Å². The number of rotatable bonds is 4. The molecule has 0 radical (unpaired) electrons. The van der Waals surface area contributed by atoms with Gasteiger partial charge in [-0.15, -0.1) is 0 Å². The maximum Gasteiger partial charge on any atom is 0.345 e. The van der Waals surface area contributed by atoms with Crippen LogP contribution >= 0.6 is 15.9 Å². The van der Waals surface area contributed by atoms with Crippen molar-refractivity contribution in [3.05, 3.63) is 34.3 Å². The predicted molar refractivity (Wildman–Crippen MR) is 49.8 cm³/mol. The Bertz CT molecular complexity index is 266. The molecule has 0 saturated heterocycles. The second kappa shape index (κ2) is 5.29. The van der Waals surface area contributed by atoms with Crippen molar-refractivity contribution in [2.45, 2.75) is 13.0 Å². The Balaban J connectivity index is 2.37. The van der Waals surface area contributed by atoms with Crippen molar-refractivity contribution in [3.63, 3.8) is 0 Å². The highest BCUT2D eigenvalue weighted by Gasteiger charge is 2.01. The van der Waals surface area contributed by atoms with Gasteiger partial charge in [-0.2, -0.15) is 8.78 Å². The predicted octanol–water partition coefficient (Wildman–Crippen LogP) is 3.23. The molecule has 1 nitrogen and oxygen atoms in total. The first kappa shape index (κ1) is 10.6. The van der Waals surface area contributed by atoms with Gasteiger partial charge >= 0.3 is 6.61 Å². The summed E-state index contributed by atoms with van der Waals surface area (Å²) in [5.74, 6) is 0. The number of benzene rings is 1. The van der Waals surface area contributed by atoms with Crippen LogP contribution < -0.4 is 0 Å². The lowest BCUT2D eigenvalue weighted by atomic mass is 10.2. The second-order valence-electron chi connectivity index (χ2n) is 2.51. The Hall–Kier alpha value is -0.480. The van der Waals surface area contributed by atoms with Crippen LogP contribution in [0, 0.1) is 0 Å². The van der Waals surface area contributed by atoms with Crippen LogP contribution in [-0.2, 0) is 11.2 Å². The smallest absolute Gasteiger partial charge is 0.323 e. The molecule has 0 atom stereocenters. The van der Waals surface area contributed by atoms with Gasteiger partial charge in [0.2, 0.25) is 0 Å². The molecule has 72 valence electrons. The minimum absolute atomic E-state index is 0.0497. The van der Waals surface area contributed by atoms with Crippen molar-refractivity contribution < 1.29 is 13.5 Å². The molecule has 0 aromatic heterocycles. The minimum atomic E-state index is -2.67. The molecule has 1 aromatic carbocycles. The quantitative estimate of drug-likeness (QED) is 0.798. The lowest BCUT2D eigenvalue weighted by Gasteiger charge is -2.02. The van der Waals surface area contributed by atoms with Gasteiger partial charge in [0.1, 0.15) is 0 Å². The summed E-state index contributed by atoms with van der Waals surface area (Å²) in [6.07, 6.45) is 0.504. The maximum atomic E-state index is 11.6. The zero-order valence-corrected chi connectivity index (χ0v) is 8.43. The van der Waals surface area contributed by atoms with Gasteiger partial charge in [-0.3, -0.25) is 0 Å². The molecule has 1 rings (SSSR count). The van der Waals surface area contributed by atoms with Crippen LogP contribution in [0.25, 0.3) is 0 Å². The molecule has 13 heavy (non-hydrogen) atoms. The van der Waals surface area contributed by atoms with Crippen LogP contribution in [0.2, 0.25) is 0 Å². The Morgan fingerprint density at radius 2 is 2.15 bits per heavy atom. The van der Waals surface area contributed by atoms with Gasteiger partial charge in [0.15, 0.2) is 0 Å². The summed E-state index contributed by atoms with van der Waals surface area (Å²) < 4.78 is 28.3.